The summed E-state index contributed by atoms with van der Waals surface area (Å²) in [7, 11) is 0. The molecule has 0 aromatic heterocycles. The van der Waals surface area contributed by atoms with Crippen LogP contribution in [-0.2, 0) is 0 Å². The molecule has 0 fully saturated rings. The average molecular weight is 163 g/mol. The van der Waals surface area contributed by atoms with Crippen molar-refractivity contribution in [2.45, 2.75) is 20.3 Å². The van der Waals surface area contributed by atoms with Gasteiger partial charge in [-0.15, -0.1) is 0 Å². The summed E-state index contributed by atoms with van der Waals surface area (Å²) < 4.78 is 0. The van der Waals surface area contributed by atoms with Crippen LogP contribution in [0.5, 0.6) is 0 Å². The van der Waals surface area contributed by atoms with E-state index in [9.17, 15) is 0 Å². The Morgan fingerprint density at radius 3 is 2.44 bits per heavy atom. The molecular weight excluding hydrogens is 148 g/mol. The smallest absolute Gasteiger partial charge is 0.0128 e. The molecule has 9 heavy (non-hydrogen) atoms. The Hall–Kier alpha value is 0.700. The minimum Gasteiger partial charge on any atom is -0.161 e. The van der Waals surface area contributed by atoms with E-state index in [1.54, 1.807) is 0 Å². The molecule has 0 heterocycles. The predicted octanol–water partition coefficient (Wildman–Crippen LogP) is 2.96. The van der Waals surface area contributed by atoms with Crippen LogP contribution in [0.1, 0.15) is 20.3 Å². The number of rotatable bonds is 5. The standard InChI is InChI=1S/C7H15S2/c1-7(2)3-5-9-6-4-8/h7H,3-6H2,1-2H3. The van der Waals surface area contributed by atoms with Gasteiger partial charge < -0.3 is 0 Å². The second-order valence-electron chi connectivity index (χ2n) is 2.50. The summed E-state index contributed by atoms with van der Waals surface area (Å²) in [5.41, 5.74) is 0. The highest BCUT2D eigenvalue weighted by Crippen LogP contribution is 2.08. The Morgan fingerprint density at radius 1 is 1.33 bits per heavy atom. The van der Waals surface area contributed by atoms with Gasteiger partial charge in [-0.25, -0.2) is 0 Å². The lowest BCUT2D eigenvalue weighted by Gasteiger charge is -2.01. The van der Waals surface area contributed by atoms with Crippen LogP contribution in [0.25, 0.3) is 0 Å². The van der Waals surface area contributed by atoms with E-state index < -0.39 is 0 Å². The van der Waals surface area contributed by atoms with Crippen molar-refractivity contribution in [3.8, 4) is 0 Å². The fraction of sp³-hybridized carbons (Fsp3) is 1.00. The van der Waals surface area contributed by atoms with Crippen LogP contribution in [-0.4, -0.2) is 17.3 Å². The van der Waals surface area contributed by atoms with Gasteiger partial charge in [-0.05, 0) is 18.1 Å². The van der Waals surface area contributed by atoms with E-state index in [1.807, 2.05) is 11.8 Å². The second-order valence-corrected chi connectivity index (χ2v) is 4.13. The van der Waals surface area contributed by atoms with Crippen molar-refractivity contribution < 1.29 is 0 Å². The van der Waals surface area contributed by atoms with Crippen molar-refractivity contribution in [2.75, 3.05) is 17.3 Å². The summed E-state index contributed by atoms with van der Waals surface area (Å²) in [4.78, 5) is 0. The minimum absolute atomic E-state index is 0.850. The Labute approximate surface area is 68.2 Å². The van der Waals surface area contributed by atoms with E-state index in [2.05, 4.69) is 13.8 Å². The normalized spacial score (nSPS) is 10.7. The lowest BCUT2D eigenvalue weighted by atomic mass is 10.2. The second kappa shape index (κ2) is 6.81. The monoisotopic (exact) mass is 163 g/mol. The van der Waals surface area contributed by atoms with Crippen LogP contribution >= 0.6 is 24.4 Å². The predicted molar refractivity (Wildman–Crippen MR) is 49.2 cm³/mol. The van der Waals surface area contributed by atoms with Crippen LogP contribution in [0.4, 0.5) is 0 Å². The van der Waals surface area contributed by atoms with Crippen LogP contribution < -0.4 is 0 Å². The average Bonchev–Trinajstić information content (AvgIpc) is 1.80. The van der Waals surface area contributed by atoms with Gasteiger partial charge in [0.1, 0.15) is 0 Å². The van der Waals surface area contributed by atoms with Crippen molar-refractivity contribution in [1.82, 2.24) is 0 Å². The molecule has 0 spiro atoms. The van der Waals surface area contributed by atoms with Gasteiger partial charge in [0, 0.05) is 11.5 Å². The van der Waals surface area contributed by atoms with Gasteiger partial charge in [0.2, 0.25) is 0 Å². The topological polar surface area (TPSA) is 0 Å². The highest BCUT2D eigenvalue weighted by Gasteiger charge is 1.92. The molecule has 0 aliphatic carbocycles. The summed E-state index contributed by atoms with van der Waals surface area (Å²) in [5, 5.41) is 0. The Balaban J connectivity index is 2.75. The molecule has 0 aliphatic heterocycles. The Kier molecular flexibility index (Phi) is 7.34. The maximum Gasteiger partial charge on any atom is 0.0128 e. The lowest BCUT2D eigenvalue weighted by Crippen LogP contribution is -1.90. The first-order valence-electron chi connectivity index (χ1n) is 3.43. The zero-order chi connectivity index (χ0) is 7.11. The third kappa shape index (κ3) is 8.70. The molecule has 2 heteroatoms. The van der Waals surface area contributed by atoms with Gasteiger partial charge in [0.05, 0.1) is 0 Å². The van der Waals surface area contributed by atoms with E-state index in [-0.39, 0.29) is 0 Å². The van der Waals surface area contributed by atoms with E-state index in [4.69, 9.17) is 12.6 Å². The Morgan fingerprint density at radius 2 is 2.00 bits per heavy atom. The first-order chi connectivity index (χ1) is 4.27. The third-order valence-corrected chi connectivity index (χ3v) is 2.55. The molecule has 0 bridgehead atoms. The summed E-state index contributed by atoms with van der Waals surface area (Å²) in [6, 6.07) is 0. The maximum absolute atomic E-state index is 4.81. The molecule has 0 atom stereocenters. The third-order valence-electron chi connectivity index (χ3n) is 1.07. The van der Waals surface area contributed by atoms with Crippen LogP contribution in [0, 0.1) is 5.92 Å². The zero-order valence-electron chi connectivity index (χ0n) is 6.22. The van der Waals surface area contributed by atoms with Crippen molar-refractivity contribution in [2.24, 2.45) is 5.92 Å². The highest BCUT2D eigenvalue weighted by molar-refractivity contribution is 7.99. The molecule has 1 radical (unpaired) electrons. The summed E-state index contributed by atoms with van der Waals surface area (Å²) in [6.45, 7) is 4.52. The first kappa shape index (κ1) is 9.70. The summed E-state index contributed by atoms with van der Waals surface area (Å²) in [5.74, 6) is 4.20. The first-order valence-corrected chi connectivity index (χ1v) is 5.16. The largest absolute Gasteiger partial charge is 0.161 e. The van der Waals surface area contributed by atoms with Crippen molar-refractivity contribution in [1.29, 1.82) is 0 Å². The van der Waals surface area contributed by atoms with Crippen molar-refractivity contribution in [3.05, 3.63) is 0 Å². The van der Waals surface area contributed by atoms with E-state index in [0.717, 1.165) is 17.4 Å². The Bertz CT molecular complexity index is 52.9. The molecule has 0 amide bonds. The van der Waals surface area contributed by atoms with Gasteiger partial charge in [0.25, 0.3) is 0 Å². The van der Waals surface area contributed by atoms with Crippen molar-refractivity contribution in [3.63, 3.8) is 0 Å². The highest BCUT2D eigenvalue weighted by atomic mass is 32.2. The van der Waals surface area contributed by atoms with E-state index in [1.165, 1.54) is 12.2 Å². The molecule has 0 saturated carbocycles. The molecule has 0 saturated heterocycles. The minimum atomic E-state index is 0.850. The van der Waals surface area contributed by atoms with Crippen molar-refractivity contribution >= 4 is 24.4 Å². The SMILES string of the molecule is CC(C)CCSCC[S]. The number of hydrogen-bond donors (Lipinski definition) is 0. The lowest BCUT2D eigenvalue weighted by molar-refractivity contribution is 0.632. The van der Waals surface area contributed by atoms with Gasteiger partial charge in [-0.2, -0.15) is 11.8 Å². The fourth-order valence-electron chi connectivity index (χ4n) is 0.480. The molecule has 0 N–H and O–H groups in total. The fourth-order valence-corrected chi connectivity index (χ4v) is 1.79. The van der Waals surface area contributed by atoms with Gasteiger partial charge in [-0.3, -0.25) is 0 Å². The molecule has 0 aromatic rings. The molecule has 0 unspecified atom stereocenters. The molecular formula is C7H15S2. The van der Waals surface area contributed by atoms with Crippen LogP contribution in [0.3, 0.4) is 0 Å². The molecule has 0 aliphatic rings. The number of hydrogen-bond acceptors (Lipinski definition) is 1. The molecule has 55 valence electrons. The van der Waals surface area contributed by atoms with Crippen LogP contribution in [0.15, 0.2) is 0 Å². The quantitative estimate of drug-likeness (QED) is 0.562. The van der Waals surface area contributed by atoms with E-state index in [0.29, 0.717) is 0 Å². The van der Waals surface area contributed by atoms with Gasteiger partial charge in [-0.1, -0.05) is 26.5 Å². The summed E-state index contributed by atoms with van der Waals surface area (Å²) >= 11 is 6.79. The van der Waals surface area contributed by atoms with E-state index >= 15 is 0 Å². The maximum atomic E-state index is 4.81. The number of thioether (sulfide) groups is 1. The summed E-state index contributed by atoms with van der Waals surface area (Å²) in [6.07, 6.45) is 1.33. The zero-order valence-corrected chi connectivity index (χ0v) is 7.86. The molecule has 0 nitrogen and oxygen atoms in total. The van der Waals surface area contributed by atoms with Crippen LogP contribution in [0.2, 0.25) is 0 Å². The van der Waals surface area contributed by atoms with Gasteiger partial charge >= 0.3 is 0 Å². The van der Waals surface area contributed by atoms with Gasteiger partial charge in [0.15, 0.2) is 0 Å². The molecule has 0 rings (SSSR count). The molecule has 0 aromatic carbocycles.